The summed E-state index contributed by atoms with van der Waals surface area (Å²) in [6.07, 6.45) is 1.97. The van der Waals surface area contributed by atoms with E-state index in [-0.39, 0.29) is 5.41 Å². The van der Waals surface area contributed by atoms with E-state index in [1.165, 1.54) is 49.9 Å². The first kappa shape index (κ1) is 18.9. The standard InChI is InChI=1S/C26H32N2/c1-7-20-25(26(4,5)6)19-13-12-17(14-22(19)27-20)15-23-24(16(2)3)18-10-8-9-11-21(18)28-23/h8-14,16,27-28H,7,15H2,1-6H3. The van der Waals surface area contributed by atoms with Crippen LogP contribution < -0.4 is 0 Å². The number of hydrogen-bond donors (Lipinski definition) is 2. The molecular formula is C26H32N2. The van der Waals surface area contributed by atoms with Crippen LogP contribution in [0.5, 0.6) is 0 Å². The van der Waals surface area contributed by atoms with Crippen LogP contribution in [-0.2, 0) is 18.3 Å². The van der Waals surface area contributed by atoms with E-state index < -0.39 is 0 Å². The zero-order valence-electron chi connectivity index (χ0n) is 18.0. The molecule has 4 aromatic rings. The lowest BCUT2D eigenvalue weighted by Crippen LogP contribution is -2.12. The fourth-order valence-electron chi connectivity index (χ4n) is 4.75. The molecule has 0 fully saturated rings. The van der Waals surface area contributed by atoms with Gasteiger partial charge in [-0.25, -0.2) is 0 Å². The van der Waals surface area contributed by atoms with Gasteiger partial charge in [0.25, 0.3) is 0 Å². The fourth-order valence-corrected chi connectivity index (χ4v) is 4.75. The van der Waals surface area contributed by atoms with E-state index in [9.17, 15) is 0 Å². The molecule has 2 nitrogen and oxygen atoms in total. The number of benzene rings is 2. The molecule has 0 spiro atoms. The summed E-state index contributed by atoms with van der Waals surface area (Å²) < 4.78 is 0. The average molecular weight is 373 g/mol. The molecule has 28 heavy (non-hydrogen) atoms. The lowest BCUT2D eigenvalue weighted by atomic mass is 9.84. The number of aryl methyl sites for hydroxylation is 1. The van der Waals surface area contributed by atoms with Crippen LogP contribution in [0.15, 0.2) is 42.5 Å². The Bertz CT molecular complexity index is 1130. The lowest BCUT2D eigenvalue weighted by molar-refractivity contribution is 0.588. The van der Waals surface area contributed by atoms with Crippen molar-refractivity contribution in [3.05, 3.63) is 70.5 Å². The Morgan fingerprint density at radius 1 is 0.857 bits per heavy atom. The number of fused-ring (bicyclic) bond motifs is 2. The van der Waals surface area contributed by atoms with Gasteiger partial charge in [-0.05, 0) is 46.6 Å². The van der Waals surface area contributed by atoms with Gasteiger partial charge in [-0.2, -0.15) is 0 Å². The van der Waals surface area contributed by atoms with Gasteiger partial charge in [0.2, 0.25) is 0 Å². The zero-order valence-corrected chi connectivity index (χ0v) is 18.0. The summed E-state index contributed by atoms with van der Waals surface area (Å²) in [7, 11) is 0. The topological polar surface area (TPSA) is 31.6 Å². The molecule has 0 atom stereocenters. The number of H-pyrrole nitrogens is 2. The fraction of sp³-hybridized carbons (Fsp3) is 0.385. The van der Waals surface area contributed by atoms with Crippen molar-refractivity contribution < 1.29 is 0 Å². The van der Waals surface area contributed by atoms with Crippen molar-refractivity contribution in [2.24, 2.45) is 0 Å². The molecule has 0 amide bonds. The van der Waals surface area contributed by atoms with Crippen molar-refractivity contribution in [1.29, 1.82) is 0 Å². The Hall–Kier alpha value is -2.48. The summed E-state index contributed by atoms with van der Waals surface area (Å²) in [6, 6.07) is 15.6. The summed E-state index contributed by atoms with van der Waals surface area (Å²) in [5.74, 6) is 0.500. The Morgan fingerprint density at radius 3 is 2.25 bits per heavy atom. The van der Waals surface area contributed by atoms with Crippen LogP contribution in [-0.4, -0.2) is 9.97 Å². The maximum Gasteiger partial charge on any atom is 0.0462 e. The third-order valence-electron chi connectivity index (χ3n) is 5.83. The van der Waals surface area contributed by atoms with Gasteiger partial charge in [-0.1, -0.05) is 71.9 Å². The molecule has 0 radical (unpaired) electrons. The van der Waals surface area contributed by atoms with Crippen molar-refractivity contribution in [1.82, 2.24) is 9.97 Å². The monoisotopic (exact) mass is 372 g/mol. The van der Waals surface area contributed by atoms with Crippen LogP contribution in [0, 0.1) is 0 Å². The molecule has 146 valence electrons. The number of para-hydroxylation sites is 1. The molecule has 0 aliphatic rings. The van der Waals surface area contributed by atoms with Crippen molar-refractivity contribution in [3.8, 4) is 0 Å². The average Bonchev–Trinajstić information content (AvgIpc) is 3.18. The van der Waals surface area contributed by atoms with Crippen LogP contribution in [0.4, 0.5) is 0 Å². The minimum atomic E-state index is 0.146. The molecule has 0 bridgehead atoms. The minimum Gasteiger partial charge on any atom is -0.358 e. The predicted molar refractivity (Wildman–Crippen MR) is 122 cm³/mol. The molecule has 2 heterocycles. The Morgan fingerprint density at radius 2 is 1.57 bits per heavy atom. The number of rotatable bonds is 4. The van der Waals surface area contributed by atoms with E-state index in [0.29, 0.717) is 5.92 Å². The molecule has 0 unspecified atom stereocenters. The molecular weight excluding hydrogens is 340 g/mol. The molecule has 2 aromatic heterocycles. The molecule has 4 rings (SSSR count). The van der Waals surface area contributed by atoms with Crippen molar-refractivity contribution >= 4 is 21.8 Å². The van der Waals surface area contributed by atoms with E-state index in [0.717, 1.165) is 12.8 Å². The predicted octanol–water partition coefficient (Wildman–Crippen LogP) is 7.22. The third kappa shape index (κ3) is 3.15. The van der Waals surface area contributed by atoms with Crippen LogP contribution >= 0.6 is 0 Å². The van der Waals surface area contributed by atoms with Gasteiger partial charge in [-0.3, -0.25) is 0 Å². The quantitative estimate of drug-likeness (QED) is 0.379. The number of aromatic amines is 2. The van der Waals surface area contributed by atoms with Crippen LogP contribution in [0.2, 0.25) is 0 Å². The lowest BCUT2D eigenvalue weighted by Gasteiger charge is -2.20. The second kappa shape index (κ2) is 6.84. The van der Waals surface area contributed by atoms with Crippen molar-refractivity contribution in [2.75, 3.05) is 0 Å². The Labute approximate surface area is 168 Å². The van der Waals surface area contributed by atoms with Crippen molar-refractivity contribution in [2.45, 2.75) is 65.7 Å². The highest BCUT2D eigenvalue weighted by molar-refractivity contribution is 5.87. The molecule has 0 aliphatic heterocycles. The van der Waals surface area contributed by atoms with E-state index in [1.807, 2.05) is 0 Å². The van der Waals surface area contributed by atoms with Gasteiger partial charge >= 0.3 is 0 Å². The molecule has 2 heteroatoms. The smallest absolute Gasteiger partial charge is 0.0462 e. The van der Waals surface area contributed by atoms with Gasteiger partial charge in [0, 0.05) is 39.6 Å². The van der Waals surface area contributed by atoms with E-state index >= 15 is 0 Å². The minimum absolute atomic E-state index is 0.146. The van der Waals surface area contributed by atoms with Gasteiger partial charge in [0.15, 0.2) is 0 Å². The molecule has 2 N–H and O–H groups in total. The number of hydrogen-bond acceptors (Lipinski definition) is 0. The van der Waals surface area contributed by atoms with Crippen LogP contribution in [0.1, 0.15) is 75.5 Å². The highest BCUT2D eigenvalue weighted by atomic mass is 14.7. The number of aromatic nitrogens is 2. The maximum absolute atomic E-state index is 3.70. The molecule has 0 aliphatic carbocycles. The Kier molecular flexibility index (Phi) is 4.61. The van der Waals surface area contributed by atoms with Gasteiger partial charge in [-0.15, -0.1) is 0 Å². The third-order valence-corrected chi connectivity index (χ3v) is 5.83. The SMILES string of the molecule is CCc1[nH]c2cc(Cc3[nH]c4ccccc4c3C(C)C)ccc2c1C(C)(C)C. The van der Waals surface area contributed by atoms with Gasteiger partial charge in [0.1, 0.15) is 0 Å². The molecule has 0 saturated carbocycles. The summed E-state index contributed by atoms with van der Waals surface area (Å²) in [5, 5.41) is 2.73. The van der Waals surface area contributed by atoms with E-state index in [2.05, 4.69) is 94.0 Å². The van der Waals surface area contributed by atoms with Crippen LogP contribution in [0.3, 0.4) is 0 Å². The molecule has 2 aromatic carbocycles. The van der Waals surface area contributed by atoms with Crippen LogP contribution in [0.25, 0.3) is 21.8 Å². The summed E-state index contributed by atoms with van der Waals surface area (Å²) >= 11 is 0. The Balaban J connectivity index is 1.79. The summed E-state index contributed by atoms with van der Waals surface area (Å²) in [4.78, 5) is 7.38. The first-order valence-corrected chi connectivity index (χ1v) is 10.5. The van der Waals surface area contributed by atoms with Gasteiger partial charge in [0.05, 0.1) is 0 Å². The zero-order chi connectivity index (χ0) is 20.1. The van der Waals surface area contributed by atoms with Gasteiger partial charge < -0.3 is 9.97 Å². The summed E-state index contributed by atoms with van der Waals surface area (Å²) in [5.41, 5.74) is 9.63. The normalized spacial score (nSPS) is 12.5. The second-order valence-corrected chi connectivity index (χ2v) is 9.36. The number of nitrogens with one attached hydrogen (secondary N) is 2. The second-order valence-electron chi connectivity index (χ2n) is 9.36. The highest BCUT2D eigenvalue weighted by Crippen LogP contribution is 2.35. The maximum atomic E-state index is 3.70. The van der Waals surface area contributed by atoms with E-state index in [4.69, 9.17) is 0 Å². The molecule has 0 saturated heterocycles. The first-order valence-electron chi connectivity index (χ1n) is 10.5. The summed E-state index contributed by atoms with van der Waals surface area (Å²) in [6.45, 7) is 13.7. The largest absolute Gasteiger partial charge is 0.358 e. The van der Waals surface area contributed by atoms with Crippen molar-refractivity contribution in [3.63, 3.8) is 0 Å². The first-order chi connectivity index (χ1) is 13.3. The highest BCUT2D eigenvalue weighted by Gasteiger charge is 2.23. The van der Waals surface area contributed by atoms with E-state index in [1.54, 1.807) is 0 Å².